The van der Waals surface area contributed by atoms with Gasteiger partial charge in [0.05, 0.1) is 16.6 Å². The summed E-state index contributed by atoms with van der Waals surface area (Å²) in [6.45, 7) is 5.04. The second-order valence-electron chi connectivity index (χ2n) is 7.52. The third kappa shape index (κ3) is 4.11. The summed E-state index contributed by atoms with van der Waals surface area (Å²) < 4.78 is 11.1. The highest BCUT2D eigenvalue weighted by Crippen LogP contribution is 2.45. The van der Waals surface area contributed by atoms with Crippen LogP contribution in [0.2, 0.25) is 0 Å². The Morgan fingerprint density at radius 1 is 1.42 bits per heavy atom. The molecule has 2 atom stereocenters. The van der Waals surface area contributed by atoms with Gasteiger partial charge >= 0.3 is 0 Å². The summed E-state index contributed by atoms with van der Waals surface area (Å²) in [5, 5.41) is 7.16. The van der Waals surface area contributed by atoms with Crippen molar-refractivity contribution in [1.82, 2.24) is 5.32 Å². The zero-order valence-corrected chi connectivity index (χ0v) is 16.1. The van der Waals surface area contributed by atoms with Crippen LogP contribution >= 0.6 is 15.9 Å². The molecule has 3 rings (SSSR count). The molecule has 0 aromatic rings. The molecule has 24 heavy (non-hydrogen) atoms. The number of ether oxygens (including phenoxy) is 2. The fraction of sp³-hybridized carbons (Fsp3) is 0.882. The normalized spacial score (nSPS) is 29.4. The molecule has 1 aliphatic carbocycles. The van der Waals surface area contributed by atoms with Crippen molar-refractivity contribution in [3.05, 3.63) is 0 Å². The minimum absolute atomic E-state index is 0.0375. The fourth-order valence-corrected chi connectivity index (χ4v) is 3.42. The molecular formula is C17H27BrN2O4. The van der Waals surface area contributed by atoms with Crippen molar-refractivity contribution in [2.24, 2.45) is 10.6 Å². The van der Waals surface area contributed by atoms with E-state index in [0.29, 0.717) is 13.0 Å². The van der Waals surface area contributed by atoms with Gasteiger partial charge in [0.25, 0.3) is 0 Å². The lowest BCUT2D eigenvalue weighted by molar-refractivity contribution is -0.178. The molecular weight excluding hydrogens is 376 g/mol. The van der Waals surface area contributed by atoms with Gasteiger partial charge in [-0.05, 0) is 46.0 Å². The lowest BCUT2D eigenvalue weighted by Gasteiger charge is -2.42. The molecule has 6 nitrogen and oxygen atoms in total. The Labute approximate surface area is 151 Å². The Balaban J connectivity index is 1.51. The quantitative estimate of drug-likeness (QED) is 0.692. The number of carbonyl (C=O) groups excluding carboxylic acids is 1. The van der Waals surface area contributed by atoms with E-state index >= 15 is 0 Å². The van der Waals surface area contributed by atoms with Crippen LogP contribution in [0, 0.1) is 5.41 Å². The van der Waals surface area contributed by atoms with Crippen LogP contribution in [0.1, 0.15) is 58.8 Å². The number of nitrogens with zero attached hydrogens (tertiary/aromatic N) is 1. The summed E-state index contributed by atoms with van der Waals surface area (Å²) in [4.78, 5) is 17.5. The lowest BCUT2D eigenvalue weighted by Crippen LogP contribution is -2.46. The van der Waals surface area contributed by atoms with Crippen LogP contribution in [0.15, 0.2) is 5.16 Å². The SMILES string of the molecule is CC(C)(Br)C(=O)NC1CC(C2(COC3CCCCO3)CCC2)=NO1. The zero-order chi connectivity index (χ0) is 17.2. The third-order valence-corrected chi connectivity index (χ3v) is 5.47. The maximum atomic E-state index is 12.1. The van der Waals surface area contributed by atoms with Gasteiger partial charge in [-0.2, -0.15) is 0 Å². The highest BCUT2D eigenvalue weighted by molar-refractivity contribution is 9.10. The minimum atomic E-state index is -0.616. The van der Waals surface area contributed by atoms with Gasteiger partial charge in [-0.3, -0.25) is 4.79 Å². The first kappa shape index (κ1) is 18.1. The number of amides is 1. The molecule has 1 saturated heterocycles. The smallest absolute Gasteiger partial charge is 0.239 e. The Kier molecular flexibility index (Phi) is 5.52. The Hall–Kier alpha value is -0.660. The van der Waals surface area contributed by atoms with E-state index < -0.39 is 4.32 Å². The topological polar surface area (TPSA) is 69.2 Å². The van der Waals surface area contributed by atoms with Crippen LogP contribution in [-0.2, 0) is 19.1 Å². The van der Waals surface area contributed by atoms with E-state index in [-0.39, 0.29) is 23.8 Å². The van der Waals surface area contributed by atoms with Crippen molar-refractivity contribution in [1.29, 1.82) is 0 Å². The van der Waals surface area contributed by atoms with Crippen LogP contribution in [0.3, 0.4) is 0 Å². The molecule has 2 fully saturated rings. The van der Waals surface area contributed by atoms with Gasteiger partial charge in [0.1, 0.15) is 0 Å². The van der Waals surface area contributed by atoms with Crippen LogP contribution < -0.4 is 5.32 Å². The standard InChI is InChI=1S/C17H27BrN2O4/c1-16(2,18)15(21)19-13-10-12(20-24-13)17(7-5-8-17)11-23-14-6-3-4-9-22-14/h13-14H,3-11H2,1-2H3,(H,19,21). The average Bonchev–Trinajstić information content (AvgIpc) is 2.95. The molecule has 2 heterocycles. The zero-order valence-electron chi connectivity index (χ0n) is 14.5. The Morgan fingerprint density at radius 2 is 2.21 bits per heavy atom. The van der Waals surface area contributed by atoms with Crippen LogP contribution in [-0.4, -0.2) is 41.7 Å². The maximum Gasteiger partial charge on any atom is 0.239 e. The Morgan fingerprint density at radius 3 is 2.79 bits per heavy atom. The first-order valence-electron chi connectivity index (χ1n) is 8.85. The monoisotopic (exact) mass is 402 g/mol. The lowest BCUT2D eigenvalue weighted by atomic mass is 9.65. The van der Waals surface area contributed by atoms with Crippen LogP contribution in [0.5, 0.6) is 0 Å². The van der Waals surface area contributed by atoms with Gasteiger partial charge in [0.2, 0.25) is 12.1 Å². The number of hydrogen-bond donors (Lipinski definition) is 1. The fourth-order valence-electron chi connectivity index (χ4n) is 3.30. The second kappa shape index (κ2) is 7.30. The summed E-state index contributed by atoms with van der Waals surface area (Å²) in [5.41, 5.74) is 0.978. The van der Waals surface area contributed by atoms with E-state index in [0.717, 1.165) is 44.4 Å². The van der Waals surface area contributed by atoms with Crippen molar-refractivity contribution < 1.29 is 19.1 Å². The molecule has 0 radical (unpaired) electrons. The molecule has 0 spiro atoms. The summed E-state index contributed by atoms with van der Waals surface area (Å²) in [6, 6.07) is 0. The Bertz CT molecular complexity index is 493. The van der Waals surface area contributed by atoms with Gasteiger partial charge in [-0.15, -0.1) is 0 Å². The van der Waals surface area contributed by atoms with Gasteiger partial charge in [0.15, 0.2) is 6.29 Å². The van der Waals surface area contributed by atoms with E-state index in [1.807, 2.05) is 13.8 Å². The first-order valence-corrected chi connectivity index (χ1v) is 9.65. The number of rotatable bonds is 6. The van der Waals surface area contributed by atoms with Crippen molar-refractivity contribution in [3.63, 3.8) is 0 Å². The number of carbonyl (C=O) groups is 1. The molecule has 1 N–H and O–H groups in total. The van der Waals surface area contributed by atoms with Gasteiger partial charge in [-0.25, -0.2) is 0 Å². The molecule has 1 amide bonds. The summed E-state index contributed by atoms with van der Waals surface area (Å²) in [6.07, 6.45) is 6.73. The predicted octanol–water partition coefficient (Wildman–Crippen LogP) is 3.09. The molecule has 3 aliphatic rings. The van der Waals surface area contributed by atoms with Gasteiger partial charge in [-0.1, -0.05) is 27.5 Å². The number of oxime groups is 1. The minimum Gasteiger partial charge on any atom is -0.370 e. The molecule has 0 aromatic heterocycles. The van der Waals surface area contributed by atoms with E-state index in [1.54, 1.807) is 0 Å². The highest BCUT2D eigenvalue weighted by atomic mass is 79.9. The summed E-state index contributed by atoms with van der Waals surface area (Å²) >= 11 is 3.36. The van der Waals surface area contributed by atoms with Crippen molar-refractivity contribution in [3.8, 4) is 0 Å². The molecule has 2 aliphatic heterocycles. The van der Waals surface area contributed by atoms with Crippen molar-refractivity contribution >= 4 is 27.5 Å². The predicted molar refractivity (Wildman–Crippen MR) is 93.9 cm³/mol. The van der Waals surface area contributed by atoms with Crippen LogP contribution in [0.4, 0.5) is 0 Å². The first-order chi connectivity index (χ1) is 11.4. The molecule has 2 unspecified atom stereocenters. The van der Waals surface area contributed by atoms with Crippen molar-refractivity contribution in [2.75, 3.05) is 13.2 Å². The molecule has 0 bridgehead atoms. The summed E-state index contributed by atoms with van der Waals surface area (Å²) in [5.74, 6) is -0.0986. The number of alkyl halides is 1. The largest absolute Gasteiger partial charge is 0.370 e. The molecule has 1 saturated carbocycles. The van der Waals surface area contributed by atoms with Crippen LogP contribution in [0.25, 0.3) is 0 Å². The van der Waals surface area contributed by atoms with E-state index in [1.165, 1.54) is 6.42 Å². The number of halogens is 1. The van der Waals surface area contributed by atoms with Crippen molar-refractivity contribution in [2.45, 2.75) is 75.6 Å². The van der Waals surface area contributed by atoms with E-state index in [9.17, 15) is 4.79 Å². The molecule has 7 heteroatoms. The van der Waals surface area contributed by atoms with Gasteiger partial charge < -0.3 is 19.6 Å². The van der Waals surface area contributed by atoms with Gasteiger partial charge in [0, 0.05) is 18.4 Å². The molecule has 136 valence electrons. The number of hydrogen-bond acceptors (Lipinski definition) is 5. The van der Waals surface area contributed by atoms with E-state index in [4.69, 9.17) is 14.3 Å². The summed E-state index contributed by atoms with van der Waals surface area (Å²) in [7, 11) is 0. The third-order valence-electron chi connectivity index (χ3n) is 5.11. The molecule has 0 aromatic carbocycles. The average molecular weight is 403 g/mol. The maximum absolute atomic E-state index is 12.1. The second-order valence-corrected chi connectivity index (χ2v) is 9.51. The highest BCUT2D eigenvalue weighted by Gasteiger charge is 2.46. The van der Waals surface area contributed by atoms with E-state index in [2.05, 4.69) is 26.4 Å². The number of nitrogens with one attached hydrogen (secondary N) is 1.